The van der Waals surface area contributed by atoms with Gasteiger partial charge in [-0.15, -0.1) is 0 Å². The first-order valence-corrected chi connectivity index (χ1v) is 10.1. The van der Waals surface area contributed by atoms with Gasteiger partial charge in [-0.3, -0.25) is 9.78 Å². The van der Waals surface area contributed by atoms with Gasteiger partial charge in [0.2, 0.25) is 0 Å². The van der Waals surface area contributed by atoms with Crippen LogP contribution in [0.1, 0.15) is 38.3 Å². The van der Waals surface area contributed by atoms with Crippen molar-refractivity contribution in [1.29, 1.82) is 0 Å². The maximum Gasteiger partial charge on any atom is 0.254 e. The van der Waals surface area contributed by atoms with Gasteiger partial charge in [0, 0.05) is 41.1 Å². The van der Waals surface area contributed by atoms with Gasteiger partial charge in [0.15, 0.2) is 0 Å². The highest BCUT2D eigenvalue weighted by atomic mass is 35.5. The maximum atomic E-state index is 13.4. The van der Waals surface area contributed by atoms with E-state index in [-0.39, 0.29) is 5.91 Å². The number of rotatable bonds is 4. The van der Waals surface area contributed by atoms with E-state index >= 15 is 0 Å². The van der Waals surface area contributed by atoms with Crippen LogP contribution in [0.5, 0.6) is 0 Å². The van der Waals surface area contributed by atoms with Crippen LogP contribution in [-0.4, -0.2) is 22.3 Å². The lowest BCUT2D eigenvalue weighted by Gasteiger charge is -2.30. The van der Waals surface area contributed by atoms with E-state index in [0.29, 0.717) is 13.1 Å². The molecule has 0 spiro atoms. The van der Waals surface area contributed by atoms with Crippen molar-refractivity contribution in [3.8, 4) is 11.1 Å². The topological polar surface area (TPSA) is 33.2 Å². The lowest BCUT2D eigenvalue weighted by Crippen LogP contribution is -2.37. The molecule has 2 heterocycles. The highest BCUT2D eigenvalue weighted by Crippen LogP contribution is 2.34. The van der Waals surface area contributed by atoms with Crippen LogP contribution in [0, 0.1) is 13.8 Å². The summed E-state index contributed by atoms with van der Waals surface area (Å²) in [6.07, 6.45) is 4.41. The highest BCUT2D eigenvalue weighted by molar-refractivity contribution is 6.31. The lowest BCUT2D eigenvalue weighted by molar-refractivity contribution is 0.0727. The molecular weight excluding hydrogens is 380 g/mol. The zero-order chi connectivity index (χ0) is 20.5. The molecule has 0 aliphatic carbocycles. The number of hydrogen-bond donors (Lipinski definition) is 0. The van der Waals surface area contributed by atoms with Crippen LogP contribution < -0.4 is 0 Å². The first-order valence-electron chi connectivity index (χ1n) is 9.73. The van der Waals surface area contributed by atoms with Gasteiger partial charge in [-0.05, 0) is 72.4 Å². The van der Waals surface area contributed by atoms with Gasteiger partial charge in [0.1, 0.15) is 0 Å². The number of halogens is 1. The zero-order valence-corrected chi connectivity index (χ0v) is 17.5. The molecule has 29 heavy (non-hydrogen) atoms. The van der Waals surface area contributed by atoms with Crippen molar-refractivity contribution < 1.29 is 4.79 Å². The summed E-state index contributed by atoms with van der Waals surface area (Å²) in [5, 5.41) is 0.746. The molecule has 1 aliphatic heterocycles. The number of pyridine rings is 1. The summed E-state index contributed by atoms with van der Waals surface area (Å²) in [6.45, 7) is 9.17. The fourth-order valence-electron chi connectivity index (χ4n) is 3.98. The normalized spacial score (nSPS) is 13.3. The number of carbonyl (C=O) groups excluding carboxylic acids is 1. The van der Waals surface area contributed by atoms with Gasteiger partial charge >= 0.3 is 0 Å². The highest BCUT2D eigenvalue weighted by Gasteiger charge is 2.27. The summed E-state index contributed by atoms with van der Waals surface area (Å²) in [5.74, 6) is 0.0605. The van der Waals surface area contributed by atoms with Gasteiger partial charge in [0.05, 0.1) is 0 Å². The second-order valence-electron chi connectivity index (χ2n) is 7.50. The minimum absolute atomic E-state index is 0.0605. The van der Waals surface area contributed by atoms with Crippen LogP contribution in [0.2, 0.25) is 5.02 Å². The Kier molecular flexibility index (Phi) is 5.25. The number of carbonyl (C=O) groups is 1. The zero-order valence-electron chi connectivity index (χ0n) is 16.7. The minimum Gasteiger partial charge on any atom is -0.334 e. The smallest absolute Gasteiger partial charge is 0.254 e. The third-order valence-electron chi connectivity index (χ3n) is 5.55. The average molecular weight is 403 g/mol. The molecule has 0 atom stereocenters. The molecule has 1 amide bonds. The third-order valence-corrected chi connectivity index (χ3v) is 5.97. The van der Waals surface area contributed by atoms with Crippen molar-refractivity contribution in [1.82, 2.24) is 9.88 Å². The van der Waals surface area contributed by atoms with Crippen molar-refractivity contribution in [3.63, 3.8) is 0 Å². The van der Waals surface area contributed by atoms with Crippen LogP contribution >= 0.6 is 11.6 Å². The van der Waals surface area contributed by atoms with E-state index in [2.05, 4.69) is 29.8 Å². The fraction of sp³-hybridized carbons (Fsp3) is 0.200. The van der Waals surface area contributed by atoms with E-state index in [1.807, 2.05) is 43.0 Å². The van der Waals surface area contributed by atoms with Gasteiger partial charge in [-0.2, -0.15) is 0 Å². The summed E-state index contributed by atoms with van der Waals surface area (Å²) in [7, 11) is 0. The Bertz CT molecular complexity index is 1120. The summed E-state index contributed by atoms with van der Waals surface area (Å²) < 4.78 is 0. The molecule has 0 saturated carbocycles. The Labute approximate surface area is 176 Å². The van der Waals surface area contributed by atoms with Crippen molar-refractivity contribution in [2.45, 2.75) is 26.8 Å². The number of amides is 1. The molecule has 0 N–H and O–H groups in total. The Hall–Kier alpha value is -2.91. The van der Waals surface area contributed by atoms with E-state index in [1.165, 1.54) is 0 Å². The first-order chi connectivity index (χ1) is 14.0. The predicted molar refractivity (Wildman–Crippen MR) is 119 cm³/mol. The van der Waals surface area contributed by atoms with Gasteiger partial charge in [-0.1, -0.05) is 42.5 Å². The molecule has 0 fully saturated rings. The second kappa shape index (κ2) is 7.84. The Morgan fingerprint density at radius 3 is 2.66 bits per heavy atom. The van der Waals surface area contributed by atoms with Crippen LogP contribution in [0.3, 0.4) is 0 Å². The van der Waals surface area contributed by atoms with E-state index in [9.17, 15) is 4.79 Å². The number of aromatic nitrogens is 1. The number of benzene rings is 2. The molecular formula is C25H23ClN2O. The predicted octanol–water partition coefficient (Wildman–Crippen LogP) is 5.86. The molecule has 146 valence electrons. The van der Waals surface area contributed by atoms with Crippen LogP contribution in [0.15, 0.2) is 55.2 Å². The summed E-state index contributed by atoms with van der Waals surface area (Å²) in [4.78, 5) is 19.7. The molecule has 4 rings (SSSR count). The molecule has 0 unspecified atom stereocenters. The van der Waals surface area contributed by atoms with E-state index < -0.39 is 0 Å². The lowest BCUT2D eigenvalue weighted by atomic mass is 9.87. The van der Waals surface area contributed by atoms with Crippen molar-refractivity contribution in [2.75, 3.05) is 6.54 Å². The Morgan fingerprint density at radius 1 is 1.14 bits per heavy atom. The molecule has 0 saturated heterocycles. The molecule has 1 aromatic heterocycles. The molecule has 2 aromatic carbocycles. The summed E-state index contributed by atoms with van der Waals surface area (Å²) in [5.41, 5.74) is 8.03. The summed E-state index contributed by atoms with van der Waals surface area (Å²) >= 11 is 6.15. The average Bonchev–Trinajstić information content (AvgIpc) is 2.72. The van der Waals surface area contributed by atoms with Crippen LogP contribution in [0.4, 0.5) is 0 Å². The van der Waals surface area contributed by atoms with Gasteiger partial charge < -0.3 is 4.90 Å². The van der Waals surface area contributed by atoms with E-state index in [0.717, 1.165) is 56.1 Å². The largest absolute Gasteiger partial charge is 0.334 e. The molecule has 0 radical (unpaired) electrons. The molecule has 1 aliphatic rings. The van der Waals surface area contributed by atoms with E-state index in [1.54, 1.807) is 12.3 Å². The second-order valence-corrected chi connectivity index (χ2v) is 7.90. The number of nitrogens with zero attached hydrogens (tertiary/aromatic N) is 2. The molecule has 3 aromatic rings. The van der Waals surface area contributed by atoms with Gasteiger partial charge in [-0.25, -0.2) is 0 Å². The number of hydrogen-bond acceptors (Lipinski definition) is 2. The SMILES string of the molecule is C=Cc1cc2c(c(-c3cccnc3C)c1)CCN(Cc1ccc(Cl)c(C)c1)C2=O. The minimum atomic E-state index is 0.0605. The Morgan fingerprint density at radius 2 is 1.93 bits per heavy atom. The number of fused-ring (bicyclic) bond motifs is 1. The quantitative estimate of drug-likeness (QED) is 0.547. The van der Waals surface area contributed by atoms with Crippen molar-refractivity contribution in [2.24, 2.45) is 0 Å². The number of aryl methyl sites for hydroxylation is 2. The van der Waals surface area contributed by atoms with Gasteiger partial charge in [0.25, 0.3) is 5.91 Å². The van der Waals surface area contributed by atoms with E-state index in [4.69, 9.17) is 11.6 Å². The molecule has 3 nitrogen and oxygen atoms in total. The standard InChI is InChI=1S/C25H23ClN2O/c1-4-18-13-22(20-6-5-10-27-17(20)3)21-9-11-28(25(29)23(21)14-18)15-19-7-8-24(26)16(2)12-19/h4-8,10,12-14H,1,9,11,15H2,2-3H3. The molecule has 4 heteroatoms. The maximum absolute atomic E-state index is 13.4. The van der Waals surface area contributed by atoms with Crippen molar-refractivity contribution in [3.05, 3.63) is 93.8 Å². The Balaban J connectivity index is 1.74. The first kappa shape index (κ1) is 19.4. The summed E-state index contributed by atoms with van der Waals surface area (Å²) in [6, 6.07) is 14.0. The van der Waals surface area contributed by atoms with Crippen LogP contribution in [-0.2, 0) is 13.0 Å². The van der Waals surface area contributed by atoms with Crippen LogP contribution in [0.25, 0.3) is 17.2 Å². The molecule has 0 bridgehead atoms. The monoisotopic (exact) mass is 402 g/mol. The third kappa shape index (κ3) is 3.70. The fourth-order valence-corrected chi connectivity index (χ4v) is 4.09. The van der Waals surface area contributed by atoms with Crippen molar-refractivity contribution >= 4 is 23.6 Å².